The van der Waals surface area contributed by atoms with Gasteiger partial charge in [-0.25, -0.2) is 4.39 Å². The van der Waals surface area contributed by atoms with Gasteiger partial charge in [0, 0.05) is 11.1 Å². The zero-order valence-electron chi connectivity index (χ0n) is 8.15. The molecule has 0 radical (unpaired) electrons. The van der Waals surface area contributed by atoms with Gasteiger partial charge in [-0.15, -0.1) is 0 Å². The van der Waals surface area contributed by atoms with Crippen molar-refractivity contribution in [3.63, 3.8) is 0 Å². The van der Waals surface area contributed by atoms with E-state index >= 15 is 0 Å². The fraction of sp³-hybridized carbons (Fsp3) is 0. The van der Waals surface area contributed by atoms with Crippen molar-refractivity contribution in [3.05, 3.63) is 46.9 Å². The van der Waals surface area contributed by atoms with Crippen molar-refractivity contribution in [2.75, 3.05) is 5.73 Å². The first-order chi connectivity index (χ1) is 7.66. The van der Waals surface area contributed by atoms with E-state index < -0.39 is 0 Å². The summed E-state index contributed by atoms with van der Waals surface area (Å²) < 4.78 is 13.8. The molecule has 5 heteroatoms. The van der Waals surface area contributed by atoms with E-state index in [-0.39, 0.29) is 5.82 Å². The molecule has 16 heavy (non-hydrogen) atoms. The smallest absolute Gasteiger partial charge is 0.124 e. The minimum Gasteiger partial charge on any atom is -0.397 e. The highest BCUT2D eigenvalue weighted by molar-refractivity contribution is 9.10. The van der Waals surface area contributed by atoms with E-state index in [1.807, 2.05) is 6.07 Å². The van der Waals surface area contributed by atoms with Gasteiger partial charge in [-0.1, -0.05) is 17.8 Å². The molecule has 0 saturated heterocycles. The predicted octanol–water partition coefficient (Wildman–Crippen LogP) is 3.72. The summed E-state index contributed by atoms with van der Waals surface area (Å²) in [4.78, 5) is 5.60. The third kappa shape index (κ3) is 2.54. The summed E-state index contributed by atoms with van der Waals surface area (Å²) in [5.41, 5.74) is 6.37. The fourth-order valence-corrected chi connectivity index (χ4v) is 2.66. The number of pyridine rings is 1. The van der Waals surface area contributed by atoms with Crippen LogP contribution in [-0.2, 0) is 0 Å². The number of nitrogens with two attached hydrogens (primary N) is 1. The number of rotatable bonds is 2. The molecule has 2 N–H and O–H groups in total. The predicted molar refractivity (Wildman–Crippen MR) is 66.9 cm³/mol. The standard InChI is InChI=1S/C11H8BrFN2S/c12-9-5-15-6-10(14)11(9)16-8-3-1-2-7(13)4-8/h1-6H,14H2. The summed E-state index contributed by atoms with van der Waals surface area (Å²) in [6.45, 7) is 0. The van der Waals surface area contributed by atoms with Gasteiger partial charge in [0.1, 0.15) is 5.82 Å². The third-order valence-corrected chi connectivity index (χ3v) is 3.91. The summed E-state index contributed by atoms with van der Waals surface area (Å²) >= 11 is 4.77. The maximum atomic E-state index is 13.0. The van der Waals surface area contributed by atoms with Crippen LogP contribution >= 0.6 is 27.7 Å². The van der Waals surface area contributed by atoms with Crippen molar-refractivity contribution in [2.45, 2.75) is 9.79 Å². The highest BCUT2D eigenvalue weighted by atomic mass is 79.9. The summed E-state index contributed by atoms with van der Waals surface area (Å²) in [5, 5.41) is 0. The minimum atomic E-state index is -0.256. The molecule has 1 aromatic carbocycles. The first-order valence-corrected chi connectivity index (χ1v) is 6.10. The number of hydrogen-bond donors (Lipinski definition) is 1. The molecule has 0 spiro atoms. The van der Waals surface area contributed by atoms with E-state index in [1.165, 1.54) is 23.9 Å². The molecule has 2 aromatic rings. The number of aromatic nitrogens is 1. The van der Waals surface area contributed by atoms with E-state index in [0.29, 0.717) is 5.69 Å². The summed E-state index contributed by atoms with van der Waals surface area (Å²) in [6.07, 6.45) is 3.24. The van der Waals surface area contributed by atoms with Gasteiger partial charge in [0.25, 0.3) is 0 Å². The molecule has 0 aliphatic heterocycles. The lowest BCUT2D eigenvalue weighted by Gasteiger charge is -2.06. The Hall–Kier alpha value is -1.07. The van der Waals surface area contributed by atoms with Gasteiger partial charge in [0.15, 0.2) is 0 Å². The molecule has 1 heterocycles. The van der Waals surface area contributed by atoms with Crippen LogP contribution in [0.5, 0.6) is 0 Å². The molecule has 0 amide bonds. The SMILES string of the molecule is Nc1cncc(Br)c1Sc1cccc(F)c1. The van der Waals surface area contributed by atoms with E-state index in [4.69, 9.17) is 5.73 Å². The van der Waals surface area contributed by atoms with Gasteiger partial charge in [0.2, 0.25) is 0 Å². The number of benzene rings is 1. The summed E-state index contributed by atoms with van der Waals surface area (Å²) in [7, 11) is 0. The van der Waals surface area contributed by atoms with Crippen LogP contribution in [0.3, 0.4) is 0 Å². The highest BCUT2D eigenvalue weighted by Gasteiger charge is 2.07. The van der Waals surface area contributed by atoms with Crippen molar-refractivity contribution in [1.29, 1.82) is 0 Å². The van der Waals surface area contributed by atoms with Crippen molar-refractivity contribution in [2.24, 2.45) is 0 Å². The number of nitrogen functional groups attached to an aromatic ring is 1. The Bertz CT molecular complexity index is 499. The van der Waals surface area contributed by atoms with Gasteiger partial charge in [-0.3, -0.25) is 4.98 Å². The van der Waals surface area contributed by atoms with Crippen LogP contribution in [0.4, 0.5) is 10.1 Å². The highest BCUT2D eigenvalue weighted by Crippen LogP contribution is 2.36. The lowest BCUT2D eigenvalue weighted by atomic mass is 10.3. The molecular weight excluding hydrogens is 291 g/mol. The van der Waals surface area contributed by atoms with Crippen LogP contribution in [0.2, 0.25) is 0 Å². The molecule has 0 unspecified atom stereocenters. The number of anilines is 1. The summed E-state index contributed by atoms with van der Waals surface area (Å²) in [5.74, 6) is -0.256. The van der Waals surface area contributed by atoms with Crippen LogP contribution in [0.1, 0.15) is 0 Å². The topological polar surface area (TPSA) is 38.9 Å². The van der Waals surface area contributed by atoms with Crippen molar-refractivity contribution in [1.82, 2.24) is 4.98 Å². The zero-order chi connectivity index (χ0) is 11.5. The Kier molecular flexibility index (Phi) is 3.46. The Morgan fingerprint density at radius 2 is 2.12 bits per heavy atom. The molecular formula is C11H8BrFN2S. The largest absolute Gasteiger partial charge is 0.397 e. The van der Waals surface area contributed by atoms with Crippen LogP contribution < -0.4 is 5.73 Å². The maximum absolute atomic E-state index is 13.0. The lowest BCUT2D eigenvalue weighted by molar-refractivity contribution is 0.624. The van der Waals surface area contributed by atoms with Gasteiger partial charge in [0.05, 0.1) is 21.3 Å². The molecule has 0 aliphatic rings. The minimum absolute atomic E-state index is 0.256. The van der Waals surface area contributed by atoms with E-state index in [0.717, 1.165) is 14.3 Å². The maximum Gasteiger partial charge on any atom is 0.124 e. The monoisotopic (exact) mass is 298 g/mol. The normalized spacial score (nSPS) is 10.4. The number of hydrogen-bond acceptors (Lipinski definition) is 3. The van der Waals surface area contributed by atoms with Crippen LogP contribution in [0.25, 0.3) is 0 Å². The average molecular weight is 299 g/mol. The zero-order valence-corrected chi connectivity index (χ0v) is 10.6. The van der Waals surface area contributed by atoms with Crippen molar-refractivity contribution in [3.8, 4) is 0 Å². The first kappa shape index (κ1) is 11.4. The Morgan fingerprint density at radius 1 is 1.31 bits per heavy atom. The van der Waals surface area contributed by atoms with E-state index in [9.17, 15) is 4.39 Å². The first-order valence-electron chi connectivity index (χ1n) is 4.49. The number of nitrogens with zero attached hydrogens (tertiary/aromatic N) is 1. The Morgan fingerprint density at radius 3 is 2.81 bits per heavy atom. The van der Waals surface area contributed by atoms with E-state index in [2.05, 4.69) is 20.9 Å². The second kappa shape index (κ2) is 4.84. The fourth-order valence-electron chi connectivity index (χ4n) is 1.19. The Balaban J connectivity index is 2.34. The lowest BCUT2D eigenvalue weighted by Crippen LogP contribution is -1.91. The molecule has 1 aromatic heterocycles. The molecule has 2 rings (SSSR count). The molecule has 0 aliphatic carbocycles. The van der Waals surface area contributed by atoms with Crippen LogP contribution in [-0.4, -0.2) is 4.98 Å². The van der Waals surface area contributed by atoms with Gasteiger partial charge < -0.3 is 5.73 Å². The second-order valence-corrected chi connectivity index (χ2v) is 5.04. The van der Waals surface area contributed by atoms with Crippen molar-refractivity contribution >= 4 is 33.4 Å². The molecule has 0 fully saturated rings. The average Bonchev–Trinajstić information content (AvgIpc) is 2.24. The Labute approximate surface area is 105 Å². The quantitative estimate of drug-likeness (QED) is 0.918. The molecule has 0 atom stereocenters. The second-order valence-electron chi connectivity index (χ2n) is 3.10. The van der Waals surface area contributed by atoms with Gasteiger partial charge in [-0.2, -0.15) is 0 Å². The van der Waals surface area contributed by atoms with Crippen molar-refractivity contribution < 1.29 is 4.39 Å². The van der Waals surface area contributed by atoms with Crippen LogP contribution in [0.15, 0.2) is 50.9 Å². The van der Waals surface area contributed by atoms with E-state index in [1.54, 1.807) is 18.5 Å². The molecule has 82 valence electrons. The van der Waals surface area contributed by atoms with Gasteiger partial charge in [-0.05, 0) is 34.1 Å². The molecule has 0 saturated carbocycles. The third-order valence-electron chi connectivity index (χ3n) is 1.90. The molecule has 0 bridgehead atoms. The van der Waals surface area contributed by atoms with Crippen LogP contribution in [0, 0.1) is 5.82 Å². The summed E-state index contributed by atoms with van der Waals surface area (Å²) in [6, 6.07) is 6.38. The number of halogens is 2. The molecule has 2 nitrogen and oxygen atoms in total. The van der Waals surface area contributed by atoms with Gasteiger partial charge >= 0.3 is 0 Å².